The number of carbonyl (C=O) groups is 6. The van der Waals surface area contributed by atoms with Crippen LogP contribution >= 0.6 is 0 Å². The number of H-pyrrole nitrogens is 1. The number of aromatic nitrogens is 7. The average Bonchev–Trinajstić information content (AvgIpc) is 1.62. The third-order valence-electron chi connectivity index (χ3n) is 17.3. The summed E-state index contributed by atoms with van der Waals surface area (Å²) in [6.45, 7) is 16.1. The Morgan fingerprint density at radius 2 is 1.35 bits per heavy atom. The fraction of sp³-hybridized carbons (Fsp3) is 0.387. The molecule has 606 valence electrons. The number of amides is 4. The molecule has 4 aromatic heterocycles. The summed E-state index contributed by atoms with van der Waals surface area (Å²) in [5, 5.41) is 11.5. The number of anilines is 1. The molecule has 0 saturated heterocycles. The maximum atomic E-state index is 14.2. The van der Waals surface area contributed by atoms with Crippen LogP contribution in [0.4, 0.5) is 15.1 Å². The number of nitrogens with one attached hydrogen (secondary N) is 5. The number of halogens is 1. The van der Waals surface area contributed by atoms with Gasteiger partial charge in [0.25, 0.3) is 43.0 Å². The van der Waals surface area contributed by atoms with Gasteiger partial charge in [0.1, 0.15) is 46.9 Å². The molecule has 2 aliphatic heterocycles. The summed E-state index contributed by atoms with van der Waals surface area (Å²) in [6, 6.07) is 21.4. The molecule has 8 aromatic rings. The molecule has 2 unspecified atom stereocenters. The molecule has 4 aromatic carbocycles. The van der Waals surface area contributed by atoms with Gasteiger partial charge in [0.05, 0.1) is 80.2 Å². The predicted molar refractivity (Wildman–Crippen MR) is 409 cm³/mol. The quantitative estimate of drug-likeness (QED) is 0.0294. The fourth-order valence-electron chi connectivity index (χ4n) is 11.5. The average molecular weight is 1630 g/mol. The number of rotatable bonds is 24. The Bertz CT molecular complexity index is 5350. The highest BCUT2D eigenvalue weighted by Crippen LogP contribution is 2.37. The molecule has 34 nitrogen and oxygen atoms in total. The maximum Gasteiger partial charge on any atom is 0.335 e. The van der Waals surface area contributed by atoms with E-state index in [0.29, 0.717) is 73.2 Å². The third kappa shape index (κ3) is 21.8. The number of aromatic amines is 1. The zero-order chi connectivity index (χ0) is 83.0. The predicted octanol–water partition coefficient (Wildman–Crippen LogP) is 7.21. The van der Waals surface area contributed by atoms with Crippen LogP contribution in [0.25, 0.3) is 11.1 Å². The largest absolute Gasteiger partial charge is 0.496 e. The van der Waals surface area contributed by atoms with Crippen LogP contribution in [0.1, 0.15) is 137 Å². The number of pyridine rings is 1. The number of ether oxygens (including phenoxy) is 7. The lowest BCUT2D eigenvalue weighted by atomic mass is 9.91. The SMILES string of the molecule is CCc1cc(C)cc(CC)c1-c1c(OC(=O)C(C)(C)C)n2n(c1=O)CCOCC2.COCC(=O)OC(c1ncccc1S(=O)(=O)NC(=O)Nc1nc(OC)cc(OC)n1)C(C)F.COc1ccccc1C(=O)NS(=O)(=O)c1ccc(C(=O)NC2CC2)cc1.Cc1c(C(=O)c2c[nH]n(C)c2=O)ccc(S(C)(=O)=O)c1C1=NOCC1. The number of sulfone groups is 1. The minimum Gasteiger partial charge on any atom is -0.496 e. The molecule has 3 aliphatic rings. The highest BCUT2D eigenvalue weighted by Gasteiger charge is 2.36. The molecule has 38 heteroatoms. The topological polar surface area (TPSA) is 443 Å². The summed E-state index contributed by atoms with van der Waals surface area (Å²) < 4.78 is 133. The maximum absolute atomic E-state index is 14.2. The Morgan fingerprint density at radius 3 is 1.90 bits per heavy atom. The molecule has 6 heterocycles. The Morgan fingerprint density at radius 1 is 0.717 bits per heavy atom. The summed E-state index contributed by atoms with van der Waals surface area (Å²) in [6.07, 6.45) is 4.10. The second kappa shape index (κ2) is 37.7. The number of sulfonamides is 2. The summed E-state index contributed by atoms with van der Waals surface area (Å²) in [5.41, 5.74) is 5.16. The molecule has 1 saturated carbocycles. The van der Waals surface area contributed by atoms with Crippen molar-refractivity contribution in [3.63, 3.8) is 0 Å². The van der Waals surface area contributed by atoms with Crippen LogP contribution in [0.15, 0.2) is 133 Å². The number of alkyl halides is 1. The molecule has 0 radical (unpaired) electrons. The van der Waals surface area contributed by atoms with E-state index < -0.39 is 94.0 Å². The van der Waals surface area contributed by atoms with Gasteiger partial charge in [-0.05, 0) is 150 Å². The van der Waals surface area contributed by atoms with Crippen molar-refractivity contribution in [2.24, 2.45) is 17.6 Å². The van der Waals surface area contributed by atoms with Gasteiger partial charge in [-0.2, -0.15) is 9.97 Å². The standard InChI is InChI=1S/C23H32N2O4.C18H22FN5O8S.C18H18N2O5S.C16H17N3O5S/c1-7-16-13-15(3)14-17(8-2)18(16)19-20(26)24-9-11-28-12-10-25(24)21(19)29-22(27)23(4,5)6;1-10(19)16(32-14(25)9-29-2)15-11(6-5-7-20-15)33(27,28)24-18(26)23-17-21-12(30-3)8-13(22-17)31-4;1-25-16-5-3-2-4-15(16)18(22)20-26(23,24)14-10-6-12(7-11-14)17(21)19-13-8-9-13;1-9-10(15(20)11-8-17-19(2)16(11)21)4-5-13(25(3,22)23)14(9)12-6-7-24-18-12/h13-14H,7-12H2,1-6H3;5-8,10,16H,9H2,1-4H3,(H2,21,22,23,24,26);2-7,10-11,13H,8-9H2,1H3,(H,19,21)(H,20,22);4-5,8,17H,6-7H2,1-3H3. The van der Waals surface area contributed by atoms with Crippen molar-refractivity contribution >= 4 is 77.1 Å². The van der Waals surface area contributed by atoms with Crippen molar-refractivity contribution in [1.82, 2.24) is 48.9 Å². The lowest BCUT2D eigenvalue weighted by Crippen LogP contribution is -2.36. The Kier molecular flexibility index (Phi) is 29.1. The first-order valence-electron chi connectivity index (χ1n) is 35.2. The van der Waals surface area contributed by atoms with E-state index in [0.717, 1.165) is 61.6 Å². The van der Waals surface area contributed by atoms with Crippen LogP contribution in [-0.4, -0.2) is 174 Å². The molecule has 11 rings (SSSR count). The number of urea groups is 1. The number of aryl methyl sites for hydroxylation is 4. The molecular weight excluding hydrogens is 1540 g/mol. The van der Waals surface area contributed by atoms with Crippen molar-refractivity contribution in [3.8, 4) is 34.5 Å². The zero-order valence-corrected chi connectivity index (χ0v) is 67.0. The number of hydrogen-bond acceptors (Lipinski definition) is 26. The van der Waals surface area contributed by atoms with Crippen molar-refractivity contribution in [3.05, 3.63) is 180 Å². The van der Waals surface area contributed by atoms with Crippen molar-refractivity contribution < 1.29 is 96.4 Å². The molecule has 2 atom stereocenters. The Hall–Kier alpha value is -11.5. The number of hydrogen-bond donors (Lipinski definition) is 5. The van der Waals surface area contributed by atoms with Crippen LogP contribution in [0.3, 0.4) is 0 Å². The van der Waals surface area contributed by atoms with Crippen molar-refractivity contribution in [2.75, 3.05) is 66.4 Å². The van der Waals surface area contributed by atoms with E-state index in [9.17, 15) is 68.0 Å². The molecule has 4 amide bonds. The molecular formula is C75H89FN12O22S3. The van der Waals surface area contributed by atoms with Crippen LogP contribution in [0.2, 0.25) is 0 Å². The zero-order valence-electron chi connectivity index (χ0n) is 64.5. The lowest BCUT2D eigenvalue weighted by Gasteiger charge is -2.21. The van der Waals surface area contributed by atoms with E-state index in [1.165, 1.54) is 113 Å². The molecule has 1 fully saturated rings. The van der Waals surface area contributed by atoms with Crippen molar-refractivity contribution in [1.29, 1.82) is 0 Å². The van der Waals surface area contributed by atoms with Gasteiger partial charge in [0.15, 0.2) is 21.7 Å². The number of nitrogens with zero attached hydrogens (tertiary/aromatic N) is 7. The van der Waals surface area contributed by atoms with Gasteiger partial charge in [-0.1, -0.05) is 48.8 Å². The van der Waals surface area contributed by atoms with E-state index in [1.807, 2.05) is 25.5 Å². The van der Waals surface area contributed by atoms with Gasteiger partial charge in [-0.15, -0.1) is 0 Å². The monoisotopic (exact) mass is 1620 g/mol. The molecule has 0 spiro atoms. The van der Waals surface area contributed by atoms with E-state index in [-0.39, 0.29) is 73.4 Å². The van der Waals surface area contributed by atoms with Gasteiger partial charge >= 0.3 is 18.0 Å². The summed E-state index contributed by atoms with van der Waals surface area (Å²) >= 11 is 0. The van der Waals surface area contributed by atoms with E-state index in [4.69, 9.17) is 33.3 Å². The highest BCUT2D eigenvalue weighted by molar-refractivity contribution is 7.91. The number of fused-ring (bicyclic) bond motifs is 1. The molecule has 0 bridgehead atoms. The van der Waals surface area contributed by atoms with Gasteiger partial charge in [-0.3, -0.25) is 43.7 Å². The summed E-state index contributed by atoms with van der Waals surface area (Å²) in [5.74, 6) is -2.40. The third-order valence-corrected chi connectivity index (χ3v) is 21.1. The normalized spacial score (nSPS) is 13.8. The smallest absolute Gasteiger partial charge is 0.335 e. The van der Waals surface area contributed by atoms with Gasteiger partial charge < -0.3 is 48.4 Å². The molecule has 1 aliphatic carbocycles. The number of methoxy groups -OCH3 is 4. The van der Waals surface area contributed by atoms with Gasteiger partial charge in [0.2, 0.25) is 23.6 Å². The molecule has 113 heavy (non-hydrogen) atoms. The van der Waals surface area contributed by atoms with Crippen LogP contribution < -0.4 is 50.1 Å². The van der Waals surface area contributed by atoms with Gasteiger partial charge in [0, 0.05) is 62.0 Å². The minimum absolute atomic E-state index is 0.00623. The Labute approximate surface area is 651 Å². The second-order valence-corrected chi connectivity index (χ2v) is 32.0. The van der Waals surface area contributed by atoms with Crippen LogP contribution in [0, 0.1) is 19.3 Å². The first-order chi connectivity index (χ1) is 53.4. The van der Waals surface area contributed by atoms with Gasteiger partial charge in [-0.25, -0.2) is 58.0 Å². The Balaban J connectivity index is 0.000000190. The first kappa shape index (κ1) is 87.1. The highest BCUT2D eigenvalue weighted by atomic mass is 32.2. The minimum atomic E-state index is -4.60. The van der Waals surface area contributed by atoms with Crippen LogP contribution in [-0.2, 0) is 91.5 Å². The number of para-hydroxylation sites is 1. The lowest BCUT2D eigenvalue weighted by molar-refractivity contribution is -0.157. The summed E-state index contributed by atoms with van der Waals surface area (Å²) in [4.78, 5) is 115. The number of esters is 2. The molecule has 5 N–H and O–H groups in total. The van der Waals surface area contributed by atoms with E-state index in [2.05, 4.69) is 73.5 Å². The van der Waals surface area contributed by atoms with Crippen LogP contribution in [0.5, 0.6) is 23.4 Å². The van der Waals surface area contributed by atoms with E-state index >= 15 is 0 Å². The second-order valence-electron chi connectivity index (χ2n) is 26.7. The number of ketones is 1. The number of benzene rings is 4. The van der Waals surface area contributed by atoms with E-state index in [1.54, 1.807) is 39.2 Å². The first-order valence-corrected chi connectivity index (χ1v) is 40.0. The number of oxime groups is 1. The fourth-order valence-corrected chi connectivity index (χ4v) is 14.5. The van der Waals surface area contributed by atoms with Crippen molar-refractivity contribution in [2.45, 2.75) is 134 Å². The summed E-state index contributed by atoms with van der Waals surface area (Å²) in [7, 11) is -5.42. The number of carbonyl (C=O) groups excluding carboxylic acids is 6.